The van der Waals surface area contributed by atoms with Crippen LogP contribution < -0.4 is 5.73 Å². The standard InChI is InChI=1S/C6H3BrFN3/c7-4-1-3(2-9)6(10)11-5(4)8/h1H,(H2,10,11). The minimum absolute atomic E-state index is 0.0896. The van der Waals surface area contributed by atoms with Gasteiger partial charge in [-0.2, -0.15) is 9.65 Å². The molecule has 0 atom stereocenters. The molecule has 1 rings (SSSR count). The molecule has 11 heavy (non-hydrogen) atoms. The van der Waals surface area contributed by atoms with Crippen LogP contribution in [0.2, 0.25) is 0 Å². The van der Waals surface area contributed by atoms with Gasteiger partial charge in [0.15, 0.2) is 0 Å². The first-order chi connectivity index (χ1) is 5.15. The van der Waals surface area contributed by atoms with E-state index in [0.717, 1.165) is 0 Å². The van der Waals surface area contributed by atoms with Gasteiger partial charge in [0.25, 0.3) is 0 Å². The number of nitrogen functional groups attached to an aromatic ring is 1. The maximum atomic E-state index is 12.5. The van der Waals surface area contributed by atoms with Crippen LogP contribution in [0.1, 0.15) is 5.56 Å². The molecule has 0 fully saturated rings. The first kappa shape index (κ1) is 7.95. The van der Waals surface area contributed by atoms with E-state index >= 15 is 0 Å². The Morgan fingerprint density at radius 1 is 1.73 bits per heavy atom. The van der Waals surface area contributed by atoms with Crippen LogP contribution in [0.5, 0.6) is 0 Å². The van der Waals surface area contributed by atoms with E-state index in [0.29, 0.717) is 0 Å². The summed E-state index contributed by atoms with van der Waals surface area (Å²) in [6, 6.07) is 3.07. The van der Waals surface area contributed by atoms with E-state index in [4.69, 9.17) is 11.0 Å². The summed E-state index contributed by atoms with van der Waals surface area (Å²) in [5, 5.41) is 8.42. The van der Waals surface area contributed by atoms with E-state index in [-0.39, 0.29) is 15.9 Å². The smallest absolute Gasteiger partial charge is 0.229 e. The van der Waals surface area contributed by atoms with E-state index < -0.39 is 5.95 Å². The number of nitrogens with zero attached hydrogens (tertiary/aromatic N) is 2. The van der Waals surface area contributed by atoms with Gasteiger partial charge in [0.2, 0.25) is 5.95 Å². The number of halogens is 2. The zero-order chi connectivity index (χ0) is 8.43. The monoisotopic (exact) mass is 215 g/mol. The molecule has 1 aromatic heterocycles. The van der Waals surface area contributed by atoms with Crippen LogP contribution in [0.15, 0.2) is 10.5 Å². The number of hydrogen-bond acceptors (Lipinski definition) is 3. The lowest BCUT2D eigenvalue weighted by Gasteiger charge is -1.96. The number of aromatic nitrogens is 1. The van der Waals surface area contributed by atoms with E-state index in [2.05, 4.69) is 20.9 Å². The van der Waals surface area contributed by atoms with Crippen molar-refractivity contribution in [2.24, 2.45) is 0 Å². The van der Waals surface area contributed by atoms with E-state index in [1.54, 1.807) is 6.07 Å². The van der Waals surface area contributed by atoms with Crippen molar-refractivity contribution in [2.45, 2.75) is 0 Å². The van der Waals surface area contributed by atoms with Crippen molar-refractivity contribution in [3.63, 3.8) is 0 Å². The molecular weight excluding hydrogens is 213 g/mol. The minimum atomic E-state index is -0.707. The second-order valence-electron chi connectivity index (χ2n) is 1.81. The summed E-state index contributed by atoms with van der Waals surface area (Å²) in [7, 11) is 0. The highest BCUT2D eigenvalue weighted by Crippen LogP contribution is 2.17. The molecule has 0 amide bonds. The van der Waals surface area contributed by atoms with Gasteiger partial charge in [0.1, 0.15) is 11.9 Å². The maximum Gasteiger partial charge on any atom is 0.229 e. The highest BCUT2D eigenvalue weighted by atomic mass is 79.9. The summed E-state index contributed by atoms with van der Waals surface area (Å²) < 4.78 is 12.7. The lowest BCUT2D eigenvalue weighted by Crippen LogP contribution is -1.97. The Kier molecular flexibility index (Phi) is 2.06. The molecular formula is C6H3BrFN3. The van der Waals surface area contributed by atoms with Gasteiger partial charge in [0, 0.05) is 0 Å². The molecule has 0 bridgehead atoms. The molecule has 0 aromatic carbocycles. The number of rotatable bonds is 0. The van der Waals surface area contributed by atoms with E-state index in [1.165, 1.54) is 6.07 Å². The van der Waals surface area contributed by atoms with Crippen LogP contribution in [-0.2, 0) is 0 Å². The number of pyridine rings is 1. The second-order valence-corrected chi connectivity index (χ2v) is 2.66. The minimum Gasteiger partial charge on any atom is -0.383 e. The zero-order valence-electron chi connectivity index (χ0n) is 5.31. The molecule has 0 saturated heterocycles. The number of anilines is 1. The molecule has 1 heterocycles. The Morgan fingerprint density at radius 2 is 2.36 bits per heavy atom. The normalized spacial score (nSPS) is 9.18. The van der Waals surface area contributed by atoms with E-state index in [9.17, 15) is 4.39 Å². The zero-order valence-corrected chi connectivity index (χ0v) is 6.89. The molecule has 0 aliphatic rings. The first-order valence-electron chi connectivity index (χ1n) is 2.66. The SMILES string of the molecule is N#Cc1cc(Br)c(F)nc1N. The van der Waals surface area contributed by atoms with Crippen LogP contribution >= 0.6 is 15.9 Å². The van der Waals surface area contributed by atoms with Crippen molar-refractivity contribution in [3.05, 3.63) is 22.1 Å². The van der Waals surface area contributed by atoms with Gasteiger partial charge in [-0.3, -0.25) is 0 Å². The summed E-state index contributed by atoms with van der Waals surface area (Å²) in [4.78, 5) is 3.29. The Morgan fingerprint density at radius 3 is 2.91 bits per heavy atom. The summed E-state index contributed by atoms with van der Waals surface area (Å²) >= 11 is 2.88. The lowest BCUT2D eigenvalue weighted by atomic mass is 10.3. The molecule has 0 aliphatic heterocycles. The Bertz CT molecular complexity index is 331. The predicted octanol–water partition coefficient (Wildman–Crippen LogP) is 1.44. The van der Waals surface area contributed by atoms with Crippen LogP contribution in [0.3, 0.4) is 0 Å². The van der Waals surface area contributed by atoms with Crippen LogP contribution in [0.25, 0.3) is 0 Å². The van der Waals surface area contributed by atoms with Gasteiger partial charge < -0.3 is 5.73 Å². The number of nitriles is 1. The van der Waals surface area contributed by atoms with Crippen LogP contribution in [0, 0.1) is 17.3 Å². The molecule has 0 saturated carbocycles. The average Bonchev–Trinajstić information content (AvgIpc) is 1.97. The topological polar surface area (TPSA) is 62.7 Å². The summed E-state index contributed by atoms with van der Waals surface area (Å²) in [5.41, 5.74) is 5.37. The summed E-state index contributed by atoms with van der Waals surface area (Å²) in [6.07, 6.45) is 0. The fraction of sp³-hybridized carbons (Fsp3) is 0. The highest BCUT2D eigenvalue weighted by Gasteiger charge is 2.05. The fourth-order valence-corrected chi connectivity index (χ4v) is 0.887. The Labute approximate surface area is 70.8 Å². The van der Waals surface area contributed by atoms with Gasteiger partial charge in [0.05, 0.1) is 10.0 Å². The maximum absolute atomic E-state index is 12.5. The molecule has 56 valence electrons. The van der Waals surface area contributed by atoms with Crippen molar-refractivity contribution in [1.29, 1.82) is 5.26 Å². The van der Waals surface area contributed by atoms with Gasteiger partial charge >= 0.3 is 0 Å². The first-order valence-corrected chi connectivity index (χ1v) is 3.46. The van der Waals surface area contributed by atoms with E-state index in [1.807, 2.05) is 0 Å². The second kappa shape index (κ2) is 2.84. The average molecular weight is 216 g/mol. The Balaban J connectivity index is 3.35. The lowest BCUT2D eigenvalue weighted by molar-refractivity contribution is 0.578. The third-order valence-electron chi connectivity index (χ3n) is 1.08. The van der Waals surface area contributed by atoms with Crippen molar-refractivity contribution in [2.75, 3.05) is 5.73 Å². The molecule has 0 spiro atoms. The fourth-order valence-electron chi connectivity index (χ4n) is 0.569. The van der Waals surface area contributed by atoms with Gasteiger partial charge in [-0.25, -0.2) is 4.98 Å². The quantitative estimate of drug-likeness (QED) is 0.667. The molecule has 3 nitrogen and oxygen atoms in total. The number of nitrogens with two attached hydrogens (primary N) is 1. The molecule has 1 aromatic rings. The van der Waals surface area contributed by atoms with Crippen molar-refractivity contribution in [3.8, 4) is 6.07 Å². The molecule has 0 unspecified atom stereocenters. The predicted molar refractivity (Wildman–Crippen MR) is 41.0 cm³/mol. The van der Waals surface area contributed by atoms with Crippen molar-refractivity contribution >= 4 is 21.7 Å². The Hall–Kier alpha value is -1.15. The summed E-state index contributed by atoms with van der Waals surface area (Å²) in [5.74, 6) is -0.797. The van der Waals surface area contributed by atoms with Gasteiger partial charge in [-0.15, -0.1) is 0 Å². The van der Waals surface area contributed by atoms with Crippen LogP contribution in [-0.4, -0.2) is 4.98 Å². The van der Waals surface area contributed by atoms with Crippen molar-refractivity contribution in [1.82, 2.24) is 4.98 Å². The molecule has 0 radical (unpaired) electrons. The highest BCUT2D eigenvalue weighted by molar-refractivity contribution is 9.10. The van der Waals surface area contributed by atoms with Crippen LogP contribution in [0.4, 0.5) is 10.2 Å². The number of hydrogen-bond donors (Lipinski definition) is 1. The third-order valence-corrected chi connectivity index (χ3v) is 1.64. The molecule has 0 aliphatic carbocycles. The van der Waals surface area contributed by atoms with Gasteiger partial charge in [-0.05, 0) is 22.0 Å². The summed E-state index contributed by atoms with van der Waals surface area (Å²) in [6.45, 7) is 0. The third kappa shape index (κ3) is 1.46. The molecule has 5 heteroatoms. The van der Waals surface area contributed by atoms with Crippen molar-refractivity contribution < 1.29 is 4.39 Å². The van der Waals surface area contributed by atoms with Gasteiger partial charge in [-0.1, -0.05) is 0 Å². The molecule has 2 N–H and O–H groups in total. The largest absolute Gasteiger partial charge is 0.383 e.